The van der Waals surface area contributed by atoms with Crippen LogP contribution in [0.4, 0.5) is 0 Å². The van der Waals surface area contributed by atoms with Crippen molar-refractivity contribution in [1.82, 2.24) is 10.2 Å². The summed E-state index contributed by atoms with van der Waals surface area (Å²) in [5.74, 6) is -0.312. The highest BCUT2D eigenvalue weighted by atomic mass is 16.7. The lowest BCUT2D eigenvalue weighted by Gasteiger charge is -2.35. The van der Waals surface area contributed by atoms with Gasteiger partial charge in [-0.15, -0.1) is 0 Å². The molecule has 6 heteroatoms. The maximum absolute atomic E-state index is 11.2. The number of piperazine rings is 1. The summed E-state index contributed by atoms with van der Waals surface area (Å²) >= 11 is 0. The minimum atomic E-state index is -0.315. The van der Waals surface area contributed by atoms with E-state index in [1.165, 1.54) is 0 Å². The van der Waals surface area contributed by atoms with Crippen LogP contribution in [0.1, 0.15) is 0 Å². The molecule has 1 heterocycles. The zero-order valence-electron chi connectivity index (χ0n) is 9.23. The zero-order valence-corrected chi connectivity index (χ0v) is 9.23. The number of nitrogens with one attached hydrogen (secondary N) is 1. The molecule has 88 valence electrons. The Morgan fingerprint density at radius 3 is 2.80 bits per heavy atom. The fourth-order valence-electron chi connectivity index (χ4n) is 1.68. The fraction of sp³-hybridized carbons (Fsp3) is 0.889. The number of nitrogens with zero attached hydrogens (tertiary/aromatic N) is 1. The molecule has 0 aromatic carbocycles. The van der Waals surface area contributed by atoms with Crippen molar-refractivity contribution in [1.29, 1.82) is 0 Å². The maximum atomic E-state index is 11.2. The first-order chi connectivity index (χ1) is 7.19. The first kappa shape index (κ1) is 12.4. The summed E-state index contributed by atoms with van der Waals surface area (Å²) < 4.78 is 10.2. The van der Waals surface area contributed by atoms with E-state index >= 15 is 0 Å². The molecule has 1 fully saturated rings. The molecular formula is C9H19N3O3. The van der Waals surface area contributed by atoms with E-state index in [1.54, 1.807) is 14.2 Å². The molecule has 1 saturated heterocycles. The van der Waals surface area contributed by atoms with Gasteiger partial charge >= 0.3 is 0 Å². The minimum absolute atomic E-state index is 0.272. The Kier molecular flexibility index (Phi) is 4.97. The number of amides is 1. The SMILES string of the molecule is COC(CN1CCNCC1C(N)=O)OC. The predicted octanol–water partition coefficient (Wildman–Crippen LogP) is -1.64. The summed E-state index contributed by atoms with van der Waals surface area (Å²) in [7, 11) is 3.16. The lowest BCUT2D eigenvalue weighted by Crippen LogP contribution is -2.58. The van der Waals surface area contributed by atoms with Crippen molar-refractivity contribution in [2.75, 3.05) is 40.4 Å². The van der Waals surface area contributed by atoms with Crippen molar-refractivity contribution >= 4 is 5.91 Å². The largest absolute Gasteiger partial charge is 0.368 e. The summed E-state index contributed by atoms with van der Waals surface area (Å²) in [6.45, 7) is 2.78. The first-order valence-corrected chi connectivity index (χ1v) is 4.98. The average molecular weight is 217 g/mol. The van der Waals surface area contributed by atoms with Gasteiger partial charge < -0.3 is 20.5 Å². The van der Waals surface area contributed by atoms with Gasteiger partial charge in [0.2, 0.25) is 5.91 Å². The summed E-state index contributed by atoms with van der Waals surface area (Å²) in [6.07, 6.45) is -0.315. The lowest BCUT2D eigenvalue weighted by atomic mass is 10.2. The Balaban J connectivity index is 2.52. The van der Waals surface area contributed by atoms with Gasteiger partial charge in [0.25, 0.3) is 0 Å². The highest BCUT2D eigenvalue weighted by Gasteiger charge is 2.28. The molecule has 15 heavy (non-hydrogen) atoms. The molecule has 0 radical (unpaired) electrons. The molecule has 1 rings (SSSR count). The molecule has 0 saturated carbocycles. The van der Waals surface area contributed by atoms with E-state index in [4.69, 9.17) is 15.2 Å². The van der Waals surface area contributed by atoms with Crippen LogP contribution in [0.2, 0.25) is 0 Å². The zero-order chi connectivity index (χ0) is 11.3. The van der Waals surface area contributed by atoms with E-state index in [0.29, 0.717) is 13.1 Å². The third kappa shape index (κ3) is 3.42. The lowest BCUT2D eigenvalue weighted by molar-refractivity contribution is -0.135. The van der Waals surface area contributed by atoms with Crippen LogP contribution in [-0.4, -0.2) is 63.5 Å². The van der Waals surface area contributed by atoms with Crippen LogP contribution in [-0.2, 0) is 14.3 Å². The van der Waals surface area contributed by atoms with Crippen LogP contribution in [0.15, 0.2) is 0 Å². The van der Waals surface area contributed by atoms with Gasteiger partial charge in [-0.25, -0.2) is 0 Å². The van der Waals surface area contributed by atoms with Crippen LogP contribution >= 0.6 is 0 Å². The molecule has 0 spiro atoms. The third-order valence-electron chi connectivity index (χ3n) is 2.59. The molecule has 0 aromatic rings. The monoisotopic (exact) mass is 217 g/mol. The summed E-state index contributed by atoms with van der Waals surface area (Å²) in [4.78, 5) is 13.2. The van der Waals surface area contributed by atoms with Gasteiger partial charge in [-0.3, -0.25) is 9.69 Å². The van der Waals surface area contributed by atoms with Crippen LogP contribution < -0.4 is 11.1 Å². The highest BCUT2D eigenvalue weighted by Crippen LogP contribution is 2.05. The second kappa shape index (κ2) is 6.02. The summed E-state index contributed by atoms with van der Waals surface area (Å²) in [5.41, 5.74) is 5.31. The molecule has 1 unspecified atom stereocenters. The molecule has 0 bridgehead atoms. The van der Waals surface area contributed by atoms with Gasteiger partial charge in [-0.05, 0) is 0 Å². The summed E-state index contributed by atoms with van der Waals surface area (Å²) in [5, 5.41) is 3.13. The van der Waals surface area contributed by atoms with Gasteiger partial charge in [0, 0.05) is 33.9 Å². The van der Waals surface area contributed by atoms with E-state index in [1.807, 2.05) is 4.90 Å². The van der Waals surface area contributed by atoms with E-state index in [2.05, 4.69) is 5.32 Å². The Morgan fingerprint density at radius 2 is 2.27 bits per heavy atom. The highest BCUT2D eigenvalue weighted by molar-refractivity contribution is 5.80. The number of nitrogens with two attached hydrogens (primary N) is 1. The quantitative estimate of drug-likeness (QED) is 0.540. The Labute approximate surface area is 89.7 Å². The van der Waals surface area contributed by atoms with Crippen LogP contribution in [0.3, 0.4) is 0 Å². The predicted molar refractivity (Wildman–Crippen MR) is 55.2 cm³/mol. The second-order valence-corrected chi connectivity index (χ2v) is 3.52. The molecule has 3 N–H and O–H groups in total. The molecule has 6 nitrogen and oxygen atoms in total. The Bertz CT molecular complexity index is 209. The summed E-state index contributed by atoms with van der Waals surface area (Å²) in [6, 6.07) is -0.272. The van der Waals surface area contributed by atoms with Gasteiger partial charge in [-0.2, -0.15) is 0 Å². The topological polar surface area (TPSA) is 76.8 Å². The van der Waals surface area contributed by atoms with Crippen molar-refractivity contribution in [3.8, 4) is 0 Å². The smallest absolute Gasteiger partial charge is 0.236 e. The van der Waals surface area contributed by atoms with Gasteiger partial charge in [0.05, 0.1) is 6.54 Å². The van der Waals surface area contributed by atoms with E-state index in [-0.39, 0.29) is 18.2 Å². The van der Waals surface area contributed by atoms with Crippen molar-refractivity contribution in [2.24, 2.45) is 5.73 Å². The number of primary amides is 1. The molecule has 0 aromatic heterocycles. The van der Waals surface area contributed by atoms with Crippen molar-refractivity contribution in [3.63, 3.8) is 0 Å². The number of ether oxygens (including phenoxy) is 2. The van der Waals surface area contributed by atoms with E-state index in [0.717, 1.165) is 13.1 Å². The molecule has 0 aliphatic carbocycles. The minimum Gasteiger partial charge on any atom is -0.368 e. The number of hydrogen-bond donors (Lipinski definition) is 2. The normalized spacial score (nSPS) is 23.3. The second-order valence-electron chi connectivity index (χ2n) is 3.52. The molecule has 1 atom stereocenters. The average Bonchev–Trinajstić information content (AvgIpc) is 2.26. The number of hydrogen-bond acceptors (Lipinski definition) is 5. The van der Waals surface area contributed by atoms with Crippen molar-refractivity contribution in [2.45, 2.75) is 12.3 Å². The Hall–Kier alpha value is -0.690. The molecule has 1 aliphatic rings. The first-order valence-electron chi connectivity index (χ1n) is 4.98. The van der Waals surface area contributed by atoms with Crippen molar-refractivity contribution in [3.05, 3.63) is 0 Å². The van der Waals surface area contributed by atoms with Gasteiger partial charge in [0.1, 0.15) is 6.04 Å². The standard InChI is InChI=1S/C9H19N3O3/c1-14-8(15-2)6-12-4-3-11-5-7(12)9(10)13/h7-8,11H,3-6H2,1-2H3,(H2,10,13). The molecular weight excluding hydrogens is 198 g/mol. The molecule has 1 aliphatic heterocycles. The van der Waals surface area contributed by atoms with Crippen LogP contribution in [0, 0.1) is 0 Å². The van der Waals surface area contributed by atoms with E-state index < -0.39 is 0 Å². The number of rotatable bonds is 5. The van der Waals surface area contributed by atoms with Crippen LogP contribution in [0.5, 0.6) is 0 Å². The van der Waals surface area contributed by atoms with E-state index in [9.17, 15) is 4.79 Å². The number of methoxy groups -OCH3 is 2. The number of carbonyl (C=O) groups is 1. The molecule has 1 amide bonds. The van der Waals surface area contributed by atoms with Crippen molar-refractivity contribution < 1.29 is 14.3 Å². The fourth-order valence-corrected chi connectivity index (χ4v) is 1.68. The van der Waals surface area contributed by atoms with Crippen LogP contribution in [0.25, 0.3) is 0 Å². The van der Waals surface area contributed by atoms with Gasteiger partial charge in [-0.1, -0.05) is 0 Å². The number of carbonyl (C=O) groups excluding carboxylic acids is 1. The maximum Gasteiger partial charge on any atom is 0.236 e. The Morgan fingerprint density at radius 1 is 1.60 bits per heavy atom. The third-order valence-corrected chi connectivity index (χ3v) is 2.59. The van der Waals surface area contributed by atoms with Gasteiger partial charge in [0.15, 0.2) is 6.29 Å².